The molecule has 1 fully saturated rings. The fourth-order valence-corrected chi connectivity index (χ4v) is 2.05. The molecule has 14 heavy (non-hydrogen) atoms. The van der Waals surface area contributed by atoms with Crippen molar-refractivity contribution < 1.29 is 4.79 Å². The van der Waals surface area contributed by atoms with Crippen molar-refractivity contribution in [2.75, 3.05) is 0 Å². The van der Waals surface area contributed by atoms with E-state index in [4.69, 9.17) is 5.73 Å². The lowest BCUT2D eigenvalue weighted by molar-refractivity contribution is 0.249. The molecule has 0 aromatic carbocycles. The third-order valence-electron chi connectivity index (χ3n) is 2.87. The topological polar surface area (TPSA) is 67.5 Å². The largest absolute Gasteiger partial charge is 0.350 e. The zero-order chi connectivity index (χ0) is 10.6. The maximum Gasteiger partial charge on any atom is 0.332 e. The Labute approximate surface area is 84.9 Å². The van der Waals surface area contributed by atoms with E-state index in [1.807, 2.05) is 6.92 Å². The first-order valence-corrected chi connectivity index (χ1v) is 5.19. The number of rotatable bonds is 2. The summed E-state index contributed by atoms with van der Waals surface area (Å²) in [5.41, 5.74) is 8.22. The van der Waals surface area contributed by atoms with Crippen molar-refractivity contribution in [3.05, 3.63) is 0 Å². The first-order valence-electron chi connectivity index (χ1n) is 5.19. The molecule has 2 amide bonds. The molecule has 0 aromatic heterocycles. The Morgan fingerprint density at radius 3 is 2.79 bits per heavy atom. The average molecular weight is 197 g/mol. The number of amides is 2. The first kappa shape index (κ1) is 11.0. The number of primary amides is 1. The lowest BCUT2D eigenvalue weighted by Crippen LogP contribution is -2.28. The zero-order valence-corrected chi connectivity index (χ0v) is 8.92. The molecule has 4 nitrogen and oxygen atoms in total. The summed E-state index contributed by atoms with van der Waals surface area (Å²) in [4.78, 5) is 10.5. The van der Waals surface area contributed by atoms with Crippen LogP contribution in [-0.4, -0.2) is 11.7 Å². The fraction of sp³-hybridized carbons (Fsp3) is 0.800. The third-order valence-corrected chi connectivity index (χ3v) is 2.87. The van der Waals surface area contributed by atoms with Gasteiger partial charge in [0.2, 0.25) is 0 Å². The van der Waals surface area contributed by atoms with Crippen LogP contribution in [-0.2, 0) is 0 Å². The number of nitrogens with zero attached hydrogens (tertiary/aromatic N) is 1. The summed E-state index contributed by atoms with van der Waals surface area (Å²) in [7, 11) is 0. The maximum atomic E-state index is 10.5. The number of hydrogen-bond acceptors (Lipinski definition) is 2. The highest BCUT2D eigenvalue weighted by Crippen LogP contribution is 2.29. The predicted octanol–water partition coefficient (Wildman–Crippen LogP) is 1.86. The minimum absolute atomic E-state index is 0.519. The highest BCUT2D eigenvalue weighted by molar-refractivity contribution is 5.85. The van der Waals surface area contributed by atoms with E-state index in [1.54, 1.807) is 0 Å². The van der Waals surface area contributed by atoms with Gasteiger partial charge in [0.15, 0.2) is 0 Å². The molecule has 80 valence electrons. The quantitative estimate of drug-likeness (QED) is 0.515. The zero-order valence-electron chi connectivity index (χ0n) is 8.92. The van der Waals surface area contributed by atoms with Gasteiger partial charge in [-0.25, -0.2) is 10.2 Å². The van der Waals surface area contributed by atoms with Crippen molar-refractivity contribution in [1.82, 2.24) is 5.43 Å². The number of hydrazone groups is 1. The number of nitrogens with one attached hydrogen (secondary N) is 1. The van der Waals surface area contributed by atoms with Crippen molar-refractivity contribution in [3.8, 4) is 0 Å². The van der Waals surface area contributed by atoms with Crippen LogP contribution < -0.4 is 11.2 Å². The first-order chi connectivity index (χ1) is 6.59. The average Bonchev–Trinajstić information content (AvgIpc) is 2.14. The van der Waals surface area contributed by atoms with Crippen LogP contribution in [0.1, 0.15) is 39.5 Å². The molecule has 1 rings (SSSR count). The monoisotopic (exact) mass is 197 g/mol. The third kappa shape index (κ3) is 3.36. The van der Waals surface area contributed by atoms with Crippen LogP contribution in [0.2, 0.25) is 0 Å². The smallest absolute Gasteiger partial charge is 0.332 e. The molecule has 0 spiro atoms. The second kappa shape index (κ2) is 4.98. The number of nitrogens with two attached hydrogens (primary N) is 1. The van der Waals surface area contributed by atoms with Crippen LogP contribution in [0.5, 0.6) is 0 Å². The Balaban J connectivity index is 2.46. The predicted molar refractivity (Wildman–Crippen MR) is 57.0 cm³/mol. The van der Waals surface area contributed by atoms with Gasteiger partial charge in [-0.15, -0.1) is 0 Å². The van der Waals surface area contributed by atoms with E-state index >= 15 is 0 Å². The van der Waals surface area contributed by atoms with Gasteiger partial charge in [0, 0.05) is 5.71 Å². The summed E-state index contributed by atoms with van der Waals surface area (Å²) < 4.78 is 0. The summed E-state index contributed by atoms with van der Waals surface area (Å²) in [5.74, 6) is 1.29. The molecule has 0 bridgehead atoms. The number of hydrogen-bond donors (Lipinski definition) is 2. The minimum Gasteiger partial charge on any atom is -0.350 e. The van der Waals surface area contributed by atoms with Crippen molar-refractivity contribution in [3.63, 3.8) is 0 Å². The van der Waals surface area contributed by atoms with Gasteiger partial charge in [0.25, 0.3) is 0 Å². The second-order valence-corrected chi connectivity index (χ2v) is 4.20. The summed E-state index contributed by atoms with van der Waals surface area (Å²) >= 11 is 0. The van der Waals surface area contributed by atoms with E-state index in [0.717, 1.165) is 11.6 Å². The molecular weight excluding hydrogens is 178 g/mol. The van der Waals surface area contributed by atoms with Crippen LogP contribution in [0.15, 0.2) is 5.10 Å². The Morgan fingerprint density at radius 2 is 2.21 bits per heavy atom. The molecule has 2 atom stereocenters. The van der Waals surface area contributed by atoms with Gasteiger partial charge >= 0.3 is 6.03 Å². The summed E-state index contributed by atoms with van der Waals surface area (Å²) in [5, 5.41) is 3.97. The number of urea groups is 1. The number of carbonyl (C=O) groups is 1. The Hall–Kier alpha value is -1.06. The van der Waals surface area contributed by atoms with Crippen molar-refractivity contribution >= 4 is 11.7 Å². The van der Waals surface area contributed by atoms with Crippen molar-refractivity contribution in [2.24, 2.45) is 22.7 Å². The van der Waals surface area contributed by atoms with Gasteiger partial charge in [-0.2, -0.15) is 5.10 Å². The molecule has 1 saturated carbocycles. The fourth-order valence-electron chi connectivity index (χ4n) is 2.05. The van der Waals surface area contributed by atoms with Crippen LogP contribution in [0, 0.1) is 11.8 Å². The van der Waals surface area contributed by atoms with Gasteiger partial charge < -0.3 is 5.73 Å². The Morgan fingerprint density at radius 1 is 1.50 bits per heavy atom. The van der Waals surface area contributed by atoms with E-state index < -0.39 is 6.03 Å². The summed E-state index contributed by atoms with van der Waals surface area (Å²) in [6, 6.07) is -0.590. The Bertz CT molecular complexity index is 238. The molecule has 0 heterocycles. The normalized spacial score (nSPS) is 28.6. The lowest BCUT2D eigenvalue weighted by Gasteiger charge is -2.26. The molecule has 0 aliphatic heterocycles. The maximum absolute atomic E-state index is 10.5. The molecule has 3 N–H and O–H groups in total. The van der Waals surface area contributed by atoms with E-state index in [9.17, 15) is 4.79 Å². The standard InChI is InChI=1S/C10H19N3O/c1-7-4-3-5-9(6-7)8(2)12-13-10(11)14/h7,9H,3-6H2,1-2H3,(H3,11,13,14)/b12-8+. The van der Waals surface area contributed by atoms with E-state index in [2.05, 4.69) is 17.5 Å². The molecule has 0 saturated heterocycles. The Kier molecular flexibility index (Phi) is 3.92. The molecule has 1 aliphatic carbocycles. The molecule has 2 unspecified atom stereocenters. The van der Waals surface area contributed by atoms with Gasteiger partial charge in [-0.1, -0.05) is 19.8 Å². The van der Waals surface area contributed by atoms with Gasteiger partial charge in [-0.3, -0.25) is 0 Å². The van der Waals surface area contributed by atoms with Crippen molar-refractivity contribution in [1.29, 1.82) is 0 Å². The molecule has 4 heteroatoms. The van der Waals surface area contributed by atoms with E-state index in [0.29, 0.717) is 5.92 Å². The molecule has 0 aromatic rings. The number of carbonyl (C=O) groups excluding carboxylic acids is 1. The van der Waals surface area contributed by atoms with E-state index in [-0.39, 0.29) is 0 Å². The summed E-state index contributed by atoms with van der Waals surface area (Å²) in [6.45, 7) is 4.22. The summed E-state index contributed by atoms with van der Waals surface area (Å²) in [6.07, 6.45) is 4.93. The van der Waals surface area contributed by atoms with Crippen molar-refractivity contribution in [2.45, 2.75) is 39.5 Å². The highest BCUT2D eigenvalue weighted by atomic mass is 16.2. The SMILES string of the molecule is C/C(=N\NC(N)=O)C1CCCC(C)C1. The van der Waals surface area contributed by atoms with Gasteiger partial charge in [-0.05, 0) is 31.6 Å². The van der Waals surface area contributed by atoms with Gasteiger partial charge in [0.1, 0.15) is 0 Å². The minimum atomic E-state index is -0.590. The molecule has 1 aliphatic rings. The van der Waals surface area contributed by atoms with E-state index in [1.165, 1.54) is 25.7 Å². The highest BCUT2D eigenvalue weighted by Gasteiger charge is 2.20. The molecule has 0 radical (unpaired) electrons. The van der Waals surface area contributed by atoms with Crippen LogP contribution in [0.4, 0.5) is 4.79 Å². The lowest BCUT2D eigenvalue weighted by atomic mass is 9.80. The van der Waals surface area contributed by atoms with Gasteiger partial charge in [0.05, 0.1) is 0 Å². The van der Waals surface area contributed by atoms with Crippen LogP contribution in [0.25, 0.3) is 0 Å². The van der Waals surface area contributed by atoms with Crippen LogP contribution >= 0.6 is 0 Å². The van der Waals surface area contributed by atoms with Crippen LogP contribution in [0.3, 0.4) is 0 Å². The molecular formula is C10H19N3O. The second-order valence-electron chi connectivity index (χ2n) is 4.20.